The van der Waals surface area contributed by atoms with Crippen molar-refractivity contribution in [3.8, 4) is 11.1 Å². The minimum atomic E-state index is -1.38. The highest BCUT2D eigenvalue weighted by Gasteiger charge is 2.30. The molecular weight excluding hydrogens is 425 g/mol. The van der Waals surface area contributed by atoms with E-state index in [0.29, 0.717) is 0 Å². The van der Waals surface area contributed by atoms with Gasteiger partial charge in [-0.3, -0.25) is 0 Å². The molecule has 1 atom stereocenters. The Labute approximate surface area is 183 Å². The third-order valence-electron chi connectivity index (χ3n) is 5.15. The molecule has 3 aromatic rings. The van der Waals surface area contributed by atoms with Crippen LogP contribution in [-0.2, 0) is 9.53 Å². The summed E-state index contributed by atoms with van der Waals surface area (Å²) in [5, 5.41) is 12.2. The van der Waals surface area contributed by atoms with Gasteiger partial charge in [-0.1, -0.05) is 83.9 Å². The Morgan fingerprint density at radius 1 is 0.933 bits per heavy atom. The van der Waals surface area contributed by atoms with Crippen LogP contribution in [0.25, 0.3) is 11.1 Å². The SMILES string of the molecule is O=C(N[C@H](C(=O)O)c1cccc(Cl)c1Cl)OCC1c2ccccc2-c2ccccc21. The van der Waals surface area contributed by atoms with Gasteiger partial charge < -0.3 is 15.2 Å². The molecule has 0 radical (unpaired) electrons. The zero-order valence-electron chi connectivity index (χ0n) is 15.6. The molecule has 4 rings (SSSR count). The van der Waals surface area contributed by atoms with Crippen LogP contribution in [0.15, 0.2) is 66.7 Å². The molecular formula is C23H17Cl2NO4. The van der Waals surface area contributed by atoms with Crippen LogP contribution in [0.2, 0.25) is 10.0 Å². The molecule has 0 fully saturated rings. The molecule has 1 amide bonds. The van der Waals surface area contributed by atoms with Gasteiger partial charge in [-0.25, -0.2) is 9.59 Å². The predicted molar refractivity (Wildman–Crippen MR) is 115 cm³/mol. The van der Waals surface area contributed by atoms with Gasteiger partial charge >= 0.3 is 12.1 Å². The number of carbonyl (C=O) groups is 2. The van der Waals surface area contributed by atoms with Crippen LogP contribution < -0.4 is 5.32 Å². The first-order valence-electron chi connectivity index (χ1n) is 9.25. The lowest BCUT2D eigenvalue weighted by Gasteiger charge is -2.18. The molecule has 0 aromatic heterocycles. The van der Waals surface area contributed by atoms with Crippen molar-refractivity contribution in [3.63, 3.8) is 0 Å². The van der Waals surface area contributed by atoms with E-state index < -0.39 is 18.1 Å². The van der Waals surface area contributed by atoms with Crippen molar-refractivity contribution in [2.75, 3.05) is 6.61 Å². The van der Waals surface area contributed by atoms with Crippen LogP contribution in [-0.4, -0.2) is 23.8 Å². The van der Waals surface area contributed by atoms with Gasteiger partial charge in [0.15, 0.2) is 6.04 Å². The van der Waals surface area contributed by atoms with Crippen molar-refractivity contribution in [1.29, 1.82) is 0 Å². The third-order valence-corrected chi connectivity index (χ3v) is 5.98. The molecule has 0 bridgehead atoms. The number of hydrogen-bond acceptors (Lipinski definition) is 3. The standard InChI is InChI=1S/C23H17Cl2NO4/c24-19-11-5-10-17(20(19)25)21(22(27)28)26-23(29)30-12-18-15-8-3-1-6-13(15)14-7-2-4-9-16(14)18/h1-11,18,21H,12H2,(H,26,29)(H,27,28)/t21-/m0/s1. The van der Waals surface area contributed by atoms with Crippen LogP contribution in [0.4, 0.5) is 4.79 Å². The average molecular weight is 442 g/mol. The Morgan fingerprint density at radius 3 is 2.13 bits per heavy atom. The largest absolute Gasteiger partial charge is 0.479 e. The number of benzene rings is 3. The van der Waals surface area contributed by atoms with Crippen LogP contribution in [0, 0.1) is 0 Å². The minimum absolute atomic E-state index is 0.0746. The van der Waals surface area contributed by atoms with Gasteiger partial charge in [0, 0.05) is 11.5 Å². The smallest absolute Gasteiger partial charge is 0.408 e. The van der Waals surface area contributed by atoms with Gasteiger partial charge in [-0.15, -0.1) is 0 Å². The summed E-state index contributed by atoms with van der Waals surface area (Å²) in [6.45, 7) is 0.0788. The van der Waals surface area contributed by atoms with Gasteiger partial charge in [0.25, 0.3) is 0 Å². The van der Waals surface area contributed by atoms with Gasteiger partial charge in [-0.05, 0) is 28.3 Å². The topological polar surface area (TPSA) is 75.6 Å². The summed E-state index contributed by atoms with van der Waals surface area (Å²) in [5.74, 6) is -1.39. The van der Waals surface area contributed by atoms with Crippen molar-refractivity contribution in [1.82, 2.24) is 5.32 Å². The monoisotopic (exact) mass is 441 g/mol. The number of nitrogens with one attached hydrogen (secondary N) is 1. The van der Waals surface area contributed by atoms with Crippen LogP contribution in [0.5, 0.6) is 0 Å². The zero-order chi connectivity index (χ0) is 21.3. The Balaban J connectivity index is 1.51. The maximum absolute atomic E-state index is 12.4. The summed E-state index contributed by atoms with van der Waals surface area (Å²) in [6.07, 6.45) is -0.847. The quantitative estimate of drug-likeness (QED) is 0.535. The highest BCUT2D eigenvalue weighted by Crippen LogP contribution is 2.44. The highest BCUT2D eigenvalue weighted by atomic mass is 35.5. The molecule has 1 aliphatic rings. The van der Waals surface area contributed by atoms with Crippen LogP contribution in [0.3, 0.4) is 0 Å². The Kier molecular flexibility index (Phi) is 5.66. The van der Waals surface area contributed by atoms with E-state index in [1.165, 1.54) is 6.07 Å². The normalized spacial score (nSPS) is 13.3. The number of hydrogen-bond donors (Lipinski definition) is 2. The van der Waals surface area contributed by atoms with Crippen LogP contribution in [0.1, 0.15) is 28.7 Å². The summed E-state index contributed by atoms with van der Waals surface area (Å²) >= 11 is 12.1. The second kappa shape index (κ2) is 8.38. The first-order chi connectivity index (χ1) is 14.5. The molecule has 1 aliphatic carbocycles. The second-order valence-electron chi connectivity index (χ2n) is 6.88. The lowest BCUT2D eigenvalue weighted by Crippen LogP contribution is -2.35. The summed E-state index contributed by atoms with van der Waals surface area (Å²) in [5.41, 5.74) is 4.54. The fourth-order valence-corrected chi connectivity index (χ4v) is 4.19. The van der Waals surface area contributed by atoms with E-state index in [2.05, 4.69) is 5.32 Å². The number of amides is 1. The maximum Gasteiger partial charge on any atom is 0.408 e. The van der Waals surface area contributed by atoms with E-state index in [0.717, 1.165) is 22.3 Å². The van der Waals surface area contributed by atoms with Crippen molar-refractivity contribution in [2.45, 2.75) is 12.0 Å². The molecule has 0 saturated heterocycles. The number of carboxylic acids is 1. The number of fused-ring (bicyclic) bond motifs is 3. The Morgan fingerprint density at radius 2 is 1.53 bits per heavy atom. The van der Waals surface area contributed by atoms with E-state index in [4.69, 9.17) is 27.9 Å². The number of rotatable bonds is 5. The maximum atomic E-state index is 12.4. The lowest BCUT2D eigenvalue weighted by atomic mass is 9.98. The number of halogens is 2. The van der Waals surface area contributed by atoms with Gasteiger partial charge in [-0.2, -0.15) is 0 Å². The first-order valence-corrected chi connectivity index (χ1v) is 10.0. The highest BCUT2D eigenvalue weighted by molar-refractivity contribution is 6.42. The first kappa shape index (κ1) is 20.3. The molecule has 0 aliphatic heterocycles. The molecule has 152 valence electrons. The van der Waals surface area contributed by atoms with E-state index in [1.807, 2.05) is 48.5 Å². The molecule has 3 aromatic carbocycles. The van der Waals surface area contributed by atoms with Crippen molar-refractivity contribution >= 4 is 35.3 Å². The second-order valence-corrected chi connectivity index (χ2v) is 7.67. The molecule has 0 spiro atoms. The summed E-state index contributed by atoms with van der Waals surface area (Å²) in [6, 6.07) is 19.1. The Hall–Kier alpha value is -3.02. The molecule has 0 saturated carbocycles. The number of ether oxygens (including phenoxy) is 1. The fraction of sp³-hybridized carbons (Fsp3) is 0.130. The van der Waals surface area contributed by atoms with E-state index >= 15 is 0 Å². The molecule has 30 heavy (non-hydrogen) atoms. The van der Waals surface area contributed by atoms with Gasteiger partial charge in [0.05, 0.1) is 10.0 Å². The summed E-state index contributed by atoms with van der Waals surface area (Å²) in [4.78, 5) is 24.2. The molecule has 0 unspecified atom stereocenters. The minimum Gasteiger partial charge on any atom is -0.479 e. The van der Waals surface area contributed by atoms with Crippen molar-refractivity contribution < 1.29 is 19.4 Å². The van der Waals surface area contributed by atoms with Crippen molar-refractivity contribution in [2.24, 2.45) is 0 Å². The van der Waals surface area contributed by atoms with E-state index in [1.54, 1.807) is 12.1 Å². The Bertz CT molecular complexity index is 1090. The van der Waals surface area contributed by atoms with Gasteiger partial charge in [0.1, 0.15) is 6.61 Å². The lowest BCUT2D eigenvalue weighted by molar-refractivity contribution is -0.139. The third kappa shape index (κ3) is 3.74. The van der Waals surface area contributed by atoms with Gasteiger partial charge in [0.2, 0.25) is 0 Å². The number of aliphatic carboxylic acids is 1. The van der Waals surface area contributed by atoms with Crippen molar-refractivity contribution in [3.05, 3.63) is 93.5 Å². The number of carbonyl (C=O) groups excluding carboxylic acids is 1. The predicted octanol–water partition coefficient (Wildman–Crippen LogP) is 5.66. The number of carboxylic acid groups (broad SMARTS) is 1. The van der Waals surface area contributed by atoms with E-state index in [9.17, 15) is 14.7 Å². The fourth-order valence-electron chi connectivity index (χ4n) is 3.77. The molecule has 7 heteroatoms. The average Bonchev–Trinajstić information content (AvgIpc) is 3.06. The molecule has 2 N–H and O–H groups in total. The number of alkyl carbamates (subject to hydrolysis) is 1. The van der Waals surface area contributed by atoms with E-state index in [-0.39, 0.29) is 28.1 Å². The summed E-state index contributed by atoms with van der Waals surface area (Å²) in [7, 11) is 0. The molecule has 0 heterocycles. The van der Waals surface area contributed by atoms with Crippen LogP contribution >= 0.6 is 23.2 Å². The zero-order valence-corrected chi connectivity index (χ0v) is 17.2. The molecule has 5 nitrogen and oxygen atoms in total. The summed E-state index contributed by atoms with van der Waals surface area (Å²) < 4.78 is 5.42.